The van der Waals surface area contributed by atoms with E-state index in [1.807, 2.05) is 11.0 Å². The molecule has 4 rings (SSSR count). The Labute approximate surface area is 121 Å². The second-order valence-electron chi connectivity index (χ2n) is 6.01. The van der Waals surface area contributed by atoms with Gasteiger partial charge in [0, 0.05) is 36.5 Å². The Balaban J connectivity index is 1.45. The fraction of sp³-hybridized carbons (Fsp3) is 0.467. The topological polar surface area (TPSA) is 84.8 Å². The van der Waals surface area contributed by atoms with Crippen molar-refractivity contribution in [3.05, 3.63) is 45.1 Å². The van der Waals surface area contributed by atoms with Gasteiger partial charge in [0.1, 0.15) is 5.69 Å². The van der Waals surface area contributed by atoms with E-state index in [1.165, 1.54) is 24.1 Å². The maximum absolute atomic E-state index is 12.4. The molecule has 3 N–H and O–H groups in total. The van der Waals surface area contributed by atoms with E-state index in [9.17, 15) is 9.59 Å². The van der Waals surface area contributed by atoms with Gasteiger partial charge in [-0.05, 0) is 37.3 Å². The summed E-state index contributed by atoms with van der Waals surface area (Å²) in [6, 6.07) is 3.59. The van der Waals surface area contributed by atoms with Crippen LogP contribution in [0, 0.1) is 0 Å². The molecule has 1 amide bonds. The zero-order valence-corrected chi connectivity index (χ0v) is 11.7. The SMILES string of the molecule is O=C(c1cc2c([nH]1)CCCC2)N1CC(c2cc(=O)[nH][nH]2)C1. The largest absolute Gasteiger partial charge is 0.354 e. The zero-order chi connectivity index (χ0) is 14.4. The summed E-state index contributed by atoms with van der Waals surface area (Å²) < 4.78 is 0. The van der Waals surface area contributed by atoms with Crippen molar-refractivity contribution in [2.75, 3.05) is 13.1 Å². The van der Waals surface area contributed by atoms with Gasteiger partial charge >= 0.3 is 0 Å². The third kappa shape index (κ3) is 2.11. The van der Waals surface area contributed by atoms with Crippen LogP contribution < -0.4 is 5.56 Å². The molecule has 1 saturated heterocycles. The number of carbonyl (C=O) groups is 1. The summed E-state index contributed by atoms with van der Waals surface area (Å²) in [6.07, 6.45) is 4.54. The highest BCUT2D eigenvalue weighted by Crippen LogP contribution is 2.28. The second kappa shape index (κ2) is 4.65. The van der Waals surface area contributed by atoms with Gasteiger partial charge in [0.25, 0.3) is 11.5 Å². The minimum absolute atomic E-state index is 0.0681. The Morgan fingerprint density at radius 3 is 2.67 bits per heavy atom. The third-order valence-corrected chi connectivity index (χ3v) is 4.57. The minimum Gasteiger partial charge on any atom is -0.354 e. The molecule has 0 radical (unpaired) electrons. The predicted molar refractivity (Wildman–Crippen MR) is 77.5 cm³/mol. The molecule has 0 unspecified atom stereocenters. The molecule has 2 aromatic heterocycles. The lowest BCUT2D eigenvalue weighted by Gasteiger charge is -2.38. The Bertz CT molecular complexity index is 709. The van der Waals surface area contributed by atoms with Crippen molar-refractivity contribution in [2.24, 2.45) is 0 Å². The first-order valence-electron chi connectivity index (χ1n) is 7.48. The van der Waals surface area contributed by atoms with Crippen molar-refractivity contribution < 1.29 is 4.79 Å². The number of hydrogen-bond donors (Lipinski definition) is 3. The van der Waals surface area contributed by atoms with Gasteiger partial charge in [-0.1, -0.05) is 0 Å². The fourth-order valence-corrected chi connectivity index (χ4v) is 3.30. The zero-order valence-electron chi connectivity index (χ0n) is 11.7. The van der Waals surface area contributed by atoms with E-state index in [-0.39, 0.29) is 17.4 Å². The van der Waals surface area contributed by atoms with E-state index in [4.69, 9.17) is 0 Å². The van der Waals surface area contributed by atoms with Gasteiger partial charge in [-0.2, -0.15) is 0 Å². The average Bonchev–Trinajstić information content (AvgIpc) is 3.03. The highest BCUT2D eigenvalue weighted by atomic mass is 16.2. The van der Waals surface area contributed by atoms with E-state index in [0.717, 1.165) is 18.5 Å². The Morgan fingerprint density at radius 1 is 1.14 bits per heavy atom. The van der Waals surface area contributed by atoms with E-state index < -0.39 is 0 Å². The highest BCUT2D eigenvalue weighted by molar-refractivity contribution is 5.93. The van der Waals surface area contributed by atoms with Crippen LogP contribution in [0.2, 0.25) is 0 Å². The quantitative estimate of drug-likeness (QED) is 0.773. The van der Waals surface area contributed by atoms with E-state index in [2.05, 4.69) is 15.2 Å². The van der Waals surface area contributed by atoms with Gasteiger partial charge < -0.3 is 15.0 Å². The van der Waals surface area contributed by atoms with Crippen LogP contribution in [0.4, 0.5) is 0 Å². The first-order chi connectivity index (χ1) is 10.2. The molecule has 6 nitrogen and oxygen atoms in total. The summed E-state index contributed by atoms with van der Waals surface area (Å²) in [6.45, 7) is 1.33. The van der Waals surface area contributed by atoms with Crippen molar-refractivity contribution in [3.8, 4) is 0 Å². The molecule has 1 aliphatic carbocycles. The molecular weight excluding hydrogens is 268 g/mol. The van der Waals surface area contributed by atoms with Crippen LogP contribution in [0.3, 0.4) is 0 Å². The van der Waals surface area contributed by atoms with Gasteiger partial charge in [0.2, 0.25) is 0 Å². The molecule has 2 aromatic rings. The lowest BCUT2D eigenvalue weighted by molar-refractivity contribution is 0.0593. The molecule has 1 fully saturated rings. The maximum atomic E-state index is 12.4. The van der Waals surface area contributed by atoms with E-state index in [1.54, 1.807) is 6.07 Å². The summed E-state index contributed by atoms with van der Waals surface area (Å²) in [7, 11) is 0. The molecule has 110 valence electrons. The van der Waals surface area contributed by atoms with Crippen LogP contribution in [0.15, 0.2) is 16.9 Å². The number of aryl methyl sites for hydroxylation is 2. The number of aromatic nitrogens is 3. The van der Waals surface area contributed by atoms with Crippen molar-refractivity contribution in [1.29, 1.82) is 0 Å². The number of nitrogens with zero attached hydrogens (tertiary/aromatic N) is 1. The molecule has 2 aliphatic rings. The van der Waals surface area contributed by atoms with Crippen molar-refractivity contribution in [1.82, 2.24) is 20.1 Å². The number of hydrogen-bond acceptors (Lipinski definition) is 2. The third-order valence-electron chi connectivity index (χ3n) is 4.57. The Kier molecular flexibility index (Phi) is 2.77. The number of aromatic amines is 3. The van der Waals surface area contributed by atoms with Gasteiger partial charge in [-0.15, -0.1) is 0 Å². The van der Waals surface area contributed by atoms with E-state index >= 15 is 0 Å². The smallest absolute Gasteiger partial charge is 0.270 e. The molecule has 0 atom stereocenters. The molecule has 0 saturated carbocycles. The number of H-pyrrole nitrogens is 3. The normalized spacial score (nSPS) is 18.4. The molecule has 1 aliphatic heterocycles. The molecule has 3 heterocycles. The van der Waals surface area contributed by atoms with Crippen molar-refractivity contribution in [2.45, 2.75) is 31.6 Å². The van der Waals surface area contributed by atoms with Crippen LogP contribution >= 0.6 is 0 Å². The predicted octanol–water partition coefficient (Wildman–Crippen LogP) is 1.15. The number of carbonyl (C=O) groups excluding carboxylic acids is 1. The van der Waals surface area contributed by atoms with Gasteiger partial charge in [0.05, 0.1) is 0 Å². The monoisotopic (exact) mass is 286 g/mol. The second-order valence-corrected chi connectivity index (χ2v) is 6.01. The van der Waals surface area contributed by atoms with Gasteiger partial charge in [-0.3, -0.25) is 14.7 Å². The lowest BCUT2D eigenvalue weighted by Crippen LogP contribution is -2.48. The van der Waals surface area contributed by atoms with Crippen molar-refractivity contribution in [3.63, 3.8) is 0 Å². The van der Waals surface area contributed by atoms with Crippen LogP contribution in [-0.4, -0.2) is 39.1 Å². The molecule has 0 spiro atoms. The van der Waals surface area contributed by atoms with Gasteiger partial charge in [-0.25, -0.2) is 0 Å². The Morgan fingerprint density at radius 2 is 1.95 bits per heavy atom. The van der Waals surface area contributed by atoms with Crippen LogP contribution in [-0.2, 0) is 12.8 Å². The average molecular weight is 286 g/mol. The molecule has 21 heavy (non-hydrogen) atoms. The van der Waals surface area contributed by atoms with Crippen LogP contribution in [0.25, 0.3) is 0 Å². The van der Waals surface area contributed by atoms with Crippen LogP contribution in [0.1, 0.15) is 46.2 Å². The molecule has 0 bridgehead atoms. The number of nitrogens with one attached hydrogen (secondary N) is 3. The van der Waals surface area contributed by atoms with Gasteiger partial charge in [0.15, 0.2) is 0 Å². The molecule has 0 aromatic carbocycles. The Hall–Kier alpha value is -2.24. The minimum atomic E-state index is -0.119. The first-order valence-corrected chi connectivity index (χ1v) is 7.48. The van der Waals surface area contributed by atoms with Crippen molar-refractivity contribution >= 4 is 5.91 Å². The first kappa shape index (κ1) is 12.5. The number of likely N-dealkylation sites (tertiary alicyclic amines) is 1. The number of rotatable bonds is 2. The summed E-state index contributed by atoms with van der Waals surface area (Å²) in [4.78, 5) is 28.7. The standard InChI is InChI=1S/C15H18N4O2/c20-14-6-12(17-18-14)10-7-19(8-10)15(21)13-5-9-3-1-2-4-11(9)16-13/h5-6,10,16H,1-4,7-8H2,(H2,17,18,20). The summed E-state index contributed by atoms with van der Waals surface area (Å²) in [5, 5.41) is 5.40. The summed E-state index contributed by atoms with van der Waals surface area (Å²) in [5.41, 5.74) is 4.01. The fourth-order valence-electron chi connectivity index (χ4n) is 3.30. The molecular formula is C15H18N4O2. The number of amides is 1. The summed E-state index contributed by atoms with van der Waals surface area (Å²) in [5.74, 6) is 0.302. The highest BCUT2D eigenvalue weighted by Gasteiger charge is 2.34. The van der Waals surface area contributed by atoms with E-state index in [0.29, 0.717) is 18.8 Å². The number of fused-ring (bicyclic) bond motifs is 1. The summed E-state index contributed by atoms with van der Waals surface area (Å²) >= 11 is 0. The maximum Gasteiger partial charge on any atom is 0.270 e. The van der Waals surface area contributed by atoms with Crippen LogP contribution in [0.5, 0.6) is 0 Å². The molecule has 6 heteroatoms. The lowest BCUT2D eigenvalue weighted by atomic mass is 9.96.